The van der Waals surface area contributed by atoms with Crippen LogP contribution < -0.4 is 11.2 Å². The molecule has 0 aromatic carbocycles. The average Bonchev–Trinajstić information content (AvgIpc) is 2.95. The molecule has 1 unspecified atom stereocenters. The van der Waals surface area contributed by atoms with E-state index >= 15 is 0 Å². The molecule has 3 N–H and O–H groups in total. The largest absolute Gasteiger partial charge is 0.341 e. The highest BCUT2D eigenvalue weighted by atomic mass is 16.7. The molecule has 1 aliphatic rings. The van der Waals surface area contributed by atoms with Crippen molar-refractivity contribution in [2.24, 2.45) is 11.7 Å². The lowest BCUT2D eigenvalue weighted by Gasteiger charge is -2.09. The van der Waals surface area contributed by atoms with Crippen LogP contribution in [0, 0.1) is 5.92 Å². The summed E-state index contributed by atoms with van der Waals surface area (Å²) >= 11 is 0. The minimum atomic E-state index is -0.537. The van der Waals surface area contributed by atoms with E-state index in [4.69, 9.17) is 5.73 Å². The van der Waals surface area contributed by atoms with Gasteiger partial charge in [0.15, 0.2) is 0 Å². The molecule has 1 fully saturated rings. The minimum Gasteiger partial charge on any atom is -0.341 e. The fourth-order valence-electron chi connectivity index (χ4n) is 0.917. The van der Waals surface area contributed by atoms with E-state index in [1.165, 1.54) is 0 Å². The summed E-state index contributed by atoms with van der Waals surface area (Å²) in [5.74, 6) is -0.610. The summed E-state index contributed by atoms with van der Waals surface area (Å²) in [7, 11) is 0. The first-order chi connectivity index (χ1) is 6.15. The number of nitrogens with two attached hydrogens (primary N) is 1. The SMILES string of the molecule is CCC(=O)ONC(=O)C(N)C1CC1. The quantitative estimate of drug-likeness (QED) is 0.593. The lowest BCUT2D eigenvalue weighted by Crippen LogP contribution is -2.42. The van der Waals surface area contributed by atoms with Gasteiger partial charge in [-0.25, -0.2) is 4.79 Å². The molecule has 5 nitrogen and oxygen atoms in total. The Balaban J connectivity index is 2.20. The van der Waals surface area contributed by atoms with E-state index in [9.17, 15) is 9.59 Å². The molecule has 1 saturated carbocycles. The maximum absolute atomic E-state index is 11.1. The van der Waals surface area contributed by atoms with Crippen molar-refractivity contribution in [1.29, 1.82) is 0 Å². The number of carbonyl (C=O) groups excluding carboxylic acids is 2. The van der Waals surface area contributed by atoms with Crippen molar-refractivity contribution in [2.45, 2.75) is 32.2 Å². The van der Waals surface area contributed by atoms with E-state index in [2.05, 4.69) is 4.84 Å². The molecule has 1 aliphatic carbocycles. The zero-order valence-electron chi connectivity index (χ0n) is 7.58. The Morgan fingerprint density at radius 2 is 2.23 bits per heavy atom. The third kappa shape index (κ3) is 3.02. The van der Waals surface area contributed by atoms with E-state index in [1.807, 2.05) is 5.48 Å². The van der Waals surface area contributed by atoms with Gasteiger partial charge in [0.2, 0.25) is 0 Å². The summed E-state index contributed by atoms with van der Waals surface area (Å²) in [6, 6.07) is -0.537. The topological polar surface area (TPSA) is 81.4 Å². The van der Waals surface area contributed by atoms with E-state index in [0.29, 0.717) is 0 Å². The number of rotatable bonds is 3. The zero-order valence-corrected chi connectivity index (χ0v) is 7.58. The first-order valence-electron chi connectivity index (χ1n) is 4.40. The summed E-state index contributed by atoms with van der Waals surface area (Å²) in [6.07, 6.45) is 2.20. The average molecular weight is 186 g/mol. The molecule has 0 aromatic rings. The number of nitrogens with one attached hydrogen (secondary N) is 1. The molecule has 1 amide bonds. The van der Waals surface area contributed by atoms with Crippen LogP contribution in [0.5, 0.6) is 0 Å². The van der Waals surface area contributed by atoms with E-state index in [1.54, 1.807) is 6.92 Å². The van der Waals surface area contributed by atoms with Gasteiger partial charge in [0.25, 0.3) is 5.91 Å². The number of hydrogen-bond acceptors (Lipinski definition) is 4. The van der Waals surface area contributed by atoms with Gasteiger partial charge in [-0.15, -0.1) is 0 Å². The molecule has 1 rings (SSSR count). The van der Waals surface area contributed by atoms with Gasteiger partial charge in [-0.05, 0) is 18.8 Å². The Morgan fingerprint density at radius 1 is 1.62 bits per heavy atom. The third-order valence-electron chi connectivity index (χ3n) is 1.99. The van der Waals surface area contributed by atoms with E-state index < -0.39 is 17.9 Å². The molecule has 13 heavy (non-hydrogen) atoms. The maximum Gasteiger partial charge on any atom is 0.331 e. The molecule has 0 aromatic heterocycles. The van der Waals surface area contributed by atoms with Gasteiger partial charge in [0, 0.05) is 6.42 Å². The highest BCUT2D eigenvalue weighted by Crippen LogP contribution is 2.31. The molecule has 0 heterocycles. The second-order valence-electron chi connectivity index (χ2n) is 3.16. The van der Waals surface area contributed by atoms with Gasteiger partial charge in [0.05, 0.1) is 6.04 Å². The van der Waals surface area contributed by atoms with Crippen LogP contribution in [-0.4, -0.2) is 17.9 Å². The van der Waals surface area contributed by atoms with E-state index in [0.717, 1.165) is 12.8 Å². The molecule has 0 aliphatic heterocycles. The van der Waals surface area contributed by atoms with Crippen LogP contribution in [0.3, 0.4) is 0 Å². The third-order valence-corrected chi connectivity index (χ3v) is 1.99. The predicted molar refractivity (Wildman–Crippen MR) is 45.2 cm³/mol. The Bertz CT molecular complexity index is 213. The Labute approximate surface area is 76.6 Å². The van der Waals surface area contributed by atoms with Crippen molar-refractivity contribution in [2.75, 3.05) is 0 Å². The molecular weight excluding hydrogens is 172 g/mol. The number of hydroxylamine groups is 1. The molecule has 1 atom stereocenters. The molecule has 0 radical (unpaired) electrons. The van der Waals surface area contributed by atoms with Crippen LogP contribution in [0.4, 0.5) is 0 Å². The number of carbonyl (C=O) groups is 2. The maximum atomic E-state index is 11.1. The Morgan fingerprint density at radius 3 is 2.69 bits per heavy atom. The van der Waals surface area contributed by atoms with Crippen molar-refractivity contribution in [3.05, 3.63) is 0 Å². The molecular formula is C8H14N2O3. The lowest BCUT2D eigenvalue weighted by molar-refractivity contribution is -0.158. The van der Waals surface area contributed by atoms with Crippen LogP contribution in [0.1, 0.15) is 26.2 Å². The summed E-state index contributed by atoms with van der Waals surface area (Å²) in [4.78, 5) is 26.2. The first kappa shape index (κ1) is 9.98. The van der Waals surface area contributed by atoms with Crippen LogP contribution in [0.2, 0.25) is 0 Å². The van der Waals surface area contributed by atoms with Crippen LogP contribution in [-0.2, 0) is 14.4 Å². The molecule has 74 valence electrons. The monoisotopic (exact) mass is 186 g/mol. The van der Waals surface area contributed by atoms with Crippen molar-refractivity contribution in [1.82, 2.24) is 5.48 Å². The first-order valence-corrected chi connectivity index (χ1v) is 4.40. The van der Waals surface area contributed by atoms with Crippen LogP contribution in [0.25, 0.3) is 0 Å². The highest BCUT2D eigenvalue weighted by Gasteiger charge is 2.33. The number of amides is 1. The Hall–Kier alpha value is -1.10. The van der Waals surface area contributed by atoms with E-state index in [-0.39, 0.29) is 12.3 Å². The van der Waals surface area contributed by atoms with Gasteiger partial charge in [-0.2, -0.15) is 5.48 Å². The normalized spacial score (nSPS) is 17.7. The molecule has 0 bridgehead atoms. The summed E-state index contributed by atoms with van der Waals surface area (Å²) < 4.78 is 0. The fraction of sp³-hybridized carbons (Fsp3) is 0.750. The molecule has 0 saturated heterocycles. The second-order valence-corrected chi connectivity index (χ2v) is 3.16. The van der Waals surface area contributed by atoms with Gasteiger partial charge in [-0.3, -0.25) is 4.79 Å². The van der Waals surface area contributed by atoms with Crippen LogP contribution >= 0.6 is 0 Å². The predicted octanol–water partition coefficient (Wildman–Crippen LogP) is -0.292. The van der Waals surface area contributed by atoms with Crippen molar-refractivity contribution in [3.8, 4) is 0 Å². The van der Waals surface area contributed by atoms with Gasteiger partial charge in [-0.1, -0.05) is 6.92 Å². The van der Waals surface area contributed by atoms with Crippen LogP contribution in [0.15, 0.2) is 0 Å². The van der Waals surface area contributed by atoms with Gasteiger partial charge >= 0.3 is 5.97 Å². The smallest absolute Gasteiger partial charge is 0.331 e. The van der Waals surface area contributed by atoms with Gasteiger partial charge in [0.1, 0.15) is 0 Å². The zero-order chi connectivity index (χ0) is 9.84. The second kappa shape index (κ2) is 4.23. The summed E-state index contributed by atoms with van der Waals surface area (Å²) in [5, 5.41) is 0. The van der Waals surface area contributed by atoms with Crippen molar-refractivity contribution in [3.63, 3.8) is 0 Å². The standard InChI is InChI=1S/C8H14N2O3/c1-2-6(11)13-10-8(12)7(9)5-3-4-5/h5,7H,2-4,9H2,1H3,(H,10,12). The minimum absolute atomic E-state index is 0.235. The summed E-state index contributed by atoms with van der Waals surface area (Å²) in [6.45, 7) is 1.65. The van der Waals surface area contributed by atoms with Crippen molar-refractivity contribution >= 4 is 11.9 Å². The molecule has 5 heteroatoms. The fourth-order valence-corrected chi connectivity index (χ4v) is 0.917. The lowest BCUT2D eigenvalue weighted by atomic mass is 10.2. The highest BCUT2D eigenvalue weighted by molar-refractivity contribution is 5.82. The Kier molecular flexibility index (Phi) is 3.25. The van der Waals surface area contributed by atoms with Crippen molar-refractivity contribution < 1.29 is 14.4 Å². The number of hydrogen-bond donors (Lipinski definition) is 2. The molecule has 0 spiro atoms. The summed E-state index contributed by atoms with van der Waals surface area (Å²) in [5.41, 5.74) is 7.59. The van der Waals surface area contributed by atoms with Gasteiger partial charge < -0.3 is 10.6 Å².